The molecule has 136 valence electrons. The van der Waals surface area contributed by atoms with Gasteiger partial charge in [0, 0.05) is 17.9 Å². The summed E-state index contributed by atoms with van der Waals surface area (Å²) in [6.07, 6.45) is -2.57. The number of rotatable bonds is 7. The van der Waals surface area contributed by atoms with E-state index in [0.29, 0.717) is 11.4 Å². The molecule has 1 aromatic carbocycles. The average Bonchev–Trinajstić information content (AvgIpc) is 2.52. The second kappa shape index (κ2) is 9.08. The lowest BCUT2D eigenvalue weighted by Crippen LogP contribution is -2.27. The average molecular weight is 353 g/mol. The van der Waals surface area contributed by atoms with Crippen molar-refractivity contribution in [3.63, 3.8) is 0 Å². The summed E-state index contributed by atoms with van der Waals surface area (Å²) in [7, 11) is 0. The second-order valence-electron chi connectivity index (χ2n) is 5.39. The highest BCUT2D eigenvalue weighted by Gasteiger charge is 2.32. The van der Waals surface area contributed by atoms with Crippen molar-refractivity contribution in [2.45, 2.75) is 33.0 Å². The molecular formula is C18H22F3N3O. The molecule has 1 aromatic rings. The van der Waals surface area contributed by atoms with Gasteiger partial charge < -0.3 is 16.4 Å². The van der Waals surface area contributed by atoms with Crippen LogP contribution in [0.4, 0.5) is 18.9 Å². The van der Waals surface area contributed by atoms with Crippen molar-refractivity contribution in [2.75, 3.05) is 5.32 Å². The predicted octanol–water partition coefficient (Wildman–Crippen LogP) is 3.99. The van der Waals surface area contributed by atoms with E-state index in [1.807, 2.05) is 0 Å². The van der Waals surface area contributed by atoms with Crippen LogP contribution >= 0.6 is 0 Å². The Morgan fingerprint density at radius 3 is 2.56 bits per heavy atom. The van der Waals surface area contributed by atoms with E-state index in [4.69, 9.17) is 5.73 Å². The predicted molar refractivity (Wildman–Crippen MR) is 93.4 cm³/mol. The second-order valence-corrected chi connectivity index (χ2v) is 5.39. The summed E-state index contributed by atoms with van der Waals surface area (Å²) >= 11 is 0. The van der Waals surface area contributed by atoms with Crippen molar-refractivity contribution < 1.29 is 18.0 Å². The van der Waals surface area contributed by atoms with Gasteiger partial charge in [-0.15, -0.1) is 0 Å². The summed E-state index contributed by atoms with van der Waals surface area (Å²) in [6, 6.07) is 6.78. The summed E-state index contributed by atoms with van der Waals surface area (Å²) in [5.41, 5.74) is 5.99. The molecule has 0 atom stereocenters. The third-order valence-corrected chi connectivity index (χ3v) is 3.06. The van der Waals surface area contributed by atoms with Crippen molar-refractivity contribution >= 4 is 11.6 Å². The largest absolute Gasteiger partial charge is 0.416 e. The molecule has 0 aliphatic carbocycles. The van der Waals surface area contributed by atoms with Gasteiger partial charge in [0.2, 0.25) is 0 Å². The van der Waals surface area contributed by atoms with Gasteiger partial charge >= 0.3 is 6.18 Å². The van der Waals surface area contributed by atoms with E-state index in [2.05, 4.69) is 17.2 Å². The number of carbonyl (C=O) groups excluding carboxylic acids is 1. The maximum absolute atomic E-state index is 13.1. The minimum atomic E-state index is -4.56. The molecule has 1 amide bonds. The number of amides is 1. The Morgan fingerprint density at radius 1 is 1.36 bits per heavy atom. The molecule has 0 aromatic heterocycles. The highest BCUT2D eigenvalue weighted by molar-refractivity contribution is 5.97. The van der Waals surface area contributed by atoms with E-state index in [1.165, 1.54) is 6.92 Å². The van der Waals surface area contributed by atoms with Crippen LogP contribution in [0.15, 0.2) is 60.0 Å². The fraction of sp³-hybridized carbons (Fsp3) is 0.278. The molecular weight excluding hydrogens is 331 g/mol. The molecule has 0 fully saturated rings. The lowest BCUT2D eigenvalue weighted by molar-refractivity contribution is -0.116. The summed E-state index contributed by atoms with van der Waals surface area (Å²) < 4.78 is 39.4. The first kappa shape index (κ1) is 20.5. The van der Waals surface area contributed by atoms with Gasteiger partial charge in [-0.05, 0) is 37.1 Å². The van der Waals surface area contributed by atoms with E-state index < -0.39 is 17.7 Å². The molecule has 0 heterocycles. The van der Waals surface area contributed by atoms with Gasteiger partial charge in [0.1, 0.15) is 5.70 Å². The number of alkyl halides is 3. The van der Waals surface area contributed by atoms with Gasteiger partial charge in [-0.25, -0.2) is 0 Å². The maximum Gasteiger partial charge on any atom is 0.416 e. The topological polar surface area (TPSA) is 67.2 Å². The first-order valence-electron chi connectivity index (χ1n) is 7.69. The highest BCUT2D eigenvalue weighted by atomic mass is 19.4. The first-order chi connectivity index (χ1) is 11.7. The number of nitrogens with one attached hydrogen (secondary N) is 2. The standard InChI is InChI=1S/C18H22F3N3O/c1-4-6-14(18(19,20)21)10-16(17(25)23-12(2)3)24-15-8-5-7-13(9-15)11-22/h5-10,24H,2,4,11,22H2,1,3H3,(H,23,25)/b14-6-,16-10-. The third kappa shape index (κ3) is 6.84. The summed E-state index contributed by atoms with van der Waals surface area (Å²) in [5, 5.41) is 5.14. The number of benzene rings is 1. The molecule has 1 rings (SSSR count). The van der Waals surface area contributed by atoms with Crippen molar-refractivity contribution in [1.29, 1.82) is 0 Å². The van der Waals surface area contributed by atoms with Crippen LogP contribution in [0.25, 0.3) is 0 Å². The first-order valence-corrected chi connectivity index (χ1v) is 7.69. The SMILES string of the molecule is C=C(C)NC(=O)/C(=C/C(=C/CC)C(F)(F)F)Nc1cccc(CN)c1. The van der Waals surface area contributed by atoms with E-state index in [0.717, 1.165) is 17.7 Å². The zero-order valence-electron chi connectivity index (χ0n) is 14.2. The molecule has 7 heteroatoms. The number of allylic oxidation sites excluding steroid dienone is 4. The van der Waals surface area contributed by atoms with Crippen LogP contribution in [0.1, 0.15) is 25.8 Å². The minimum Gasteiger partial charge on any atom is -0.351 e. The van der Waals surface area contributed by atoms with Crippen molar-refractivity contribution in [3.05, 3.63) is 65.5 Å². The Balaban J connectivity index is 3.28. The number of halogens is 3. The third-order valence-electron chi connectivity index (χ3n) is 3.06. The van der Waals surface area contributed by atoms with Crippen LogP contribution in [0.2, 0.25) is 0 Å². The molecule has 0 aliphatic rings. The number of hydrogen-bond acceptors (Lipinski definition) is 3. The van der Waals surface area contributed by atoms with Crippen LogP contribution < -0.4 is 16.4 Å². The fourth-order valence-electron chi connectivity index (χ4n) is 1.98. The molecule has 0 saturated heterocycles. The molecule has 0 spiro atoms. The lowest BCUT2D eigenvalue weighted by Gasteiger charge is -2.15. The Labute approximate surface area is 145 Å². The summed E-state index contributed by atoms with van der Waals surface area (Å²) in [4.78, 5) is 12.3. The van der Waals surface area contributed by atoms with Gasteiger partial charge in [-0.1, -0.05) is 31.7 Å². The Morgan fingerprint density at radius 2 is 2.04 bits per heavy atom. The zero-order valence-corrected chi connectivity index (χ0v) is 14.2. The van der Waals surface area contributed by atoms with E-state index in [1.54, 1.807) is 31.2 Å². The normalized spacial score (nSPS) is 12.7. The van der Waals surface area contributed by atoms with Crippen LogP contribution in [-0.2, 0) is 11.3 Å². The summed E-state index contributed by atoms with van der Waals surface area (Å²) in [5.74, 6) is -0.711. The Kier molecular flexibility index (Phi) is 7.44. The molecule has 0 bridgehead atoms. The molecule has 4 nitrogen and oxygen atoms in total. The van der Waals surface area contributed by atoms with Crippen molar-refractivity contribution in [3.8, 4) is 0 Å². The number of hydrogen-bond donors (Lipinski definition) is 3. The molecule has 0 radical (unpaired) electrons. The molecule has 25 heavy (non-hydrogen) atoms. The van der Waals surface area contributed by atoms with E-state index in [-0.39, 0.29) is 18.7 Å². The van der Waals surface area contributed by atoms with Gasteiger partial charge in [-0.2, -0.15) is 13.2 Å². The highest BCUT2D eigenvalue weighted by Crippen LogP contribution is 2.28. The Bertz CT molecular complexity index is 691. The quantitative estimate of drug-likeness (QED) is 0.513. The Hall–Kier alpha value is -2.54. The van der Waals surface area contributed by atoms with Crippen molar-refractivity contribution in [2.24, 2.45) is 5.73 Å². The zero-order chi connectivity index (χ0) is 19.0. The van der Waals surface area contributed by atoms with Crippen LogP contribution in [0.3, 0.4) is 0 Å². The summed E-state index contributed by atoms with van der Waals surface area (Å²) in [6.45, 7) is 6.94. The lowest BCUT2D eigenvalue weighted by atomic mass is 10.1. The van der Waals surface area contributed by atoms with Crippen LogP contribution in [0.5, 0.6) is 0 Å². The maximum atomic E-state index is 13.1. The molecule has 0 saturated carbocycles. The van der Waals surface area contributed by atoms with Crippen LogP contribution in [-0.4, -0.2) is 12.1 Å². The molecule has 0 aliphatic heterocycles. The smallest absolute Gasteiger partial charge is 0.351 e. The molecule has 4 N–H and O–H groups in total. The number of anilines is 1. The van der Waals surface area contributed by atoms with Gasteiger partial charge in [0.25, 0.3) is 5.91 Å². The van der Waals surface area contributed by atoms with Gasteiger partial charge in [0.15, 0.2) is 0 Å². The molecule has 0 unspecified atom stereocenters. The number of nitrogens with two attached hydrogens (primary N) is 1. The van der Waals surface area contributed by atoms with E-state index >= 15 is 0 Å². The van der Waals surface area contributed by atoms with Gasteiger partial charge in [-0.3, -0.25) is 4.79 Å². The minimum absolute atomic E-state index is 0.184. The van der Waals surface area contributed by atoms with Gasteiger partial charge in [0.05, 0.1) is 5.57 Å². The van der Waals surface area contributed by atoms with Crippen LogP contribution in [0, 0.1) is 0 Å². The monoisotopic (exact) mass is 353 g/mol. The fourth-order valence-corrected chi connectivity index (χ4v) is 1.98. The number of carbonyl (C=O) groups is 1. The van der Waals surface area contributed by atoms with E-state index in [9.17, 15) is 18.0 Å². The van der Waals surface area contributed by atoms with Crippen molar-refractivity contribution in [1.82, 2.24) is 5.32 Å².